The molecule has 0 bridgehead atoms. The summed E-state index contributed by atoms with van der Waals surface area (Å²) in [5, 5.41) is 0. The van der Waals surface area contributed by atoms with E-state index < -0.39 is 0 Å². The molecule has 2 rings (SSSR count). The second-order valence-corrected chi connectivity index (χ2v) is 5.72. The van der Waals surface area contributed by atoms with Crippen molar-refractivity contribution in [2.75, 3.05) is 31.7 Å². The number of ether oxygens (including phenoxy) is 1. The van der Waals surface area contributed by atoms with Gasteiger partial charge in [-0.2, -0.15) is 0 Å². The van der Waals surface area contributed by atoms with Crippen molar-refractivity contribution >= 4 is 22.9 Å². The van der Waals surface area contributed by atoms with E-state index in [0.29, 0.717) is 4.99 Å². The lowest BCUT2D eigenvalue weighted by Crippen LogP contribution is -2.26. The third kappa shape index (κ3) is 3.91. The average molecular weight is 278 g/mol. The normalized spacial score (nSPS) is 14.4. The van der Waals surface area contributed by atoms with E-state index in [-0.39, 0.29) is 0 Å². The fraction of sp³-hybridized carbons (Fsp3) is 0.533. The molecule has 1 aliphatic carbocycles. The Morgan fingerprint density at radius 1 is 1.47 bits per heavy atom. The van der Waals surface area contributed by atoms with Crippen molar-refractivity contribution in [3.8, 4) is 0 Å². The van der Waals surface area contributed by atoms with Gasteiger partial charge in [-0.1, -0.05) is 24.4 Å². The maximum atomic E-state index is 5.80. The molecule has 0 aliphatic heterocycles. The first kappa shape index (κ1) is 14.3. The van der Waals surface area contributed by atoms with E-state index in [1.807, 2.05) is 12.1 Å². The standard InChI is InChI=1S/C15H22N2OS/c1-11-4-3-5-13(15(16)19)14(11)17(2)8-9-18-10-12-6-7-12/h3-5,12H,6-10H2,1-2H3,(H2,16,19). The minimum atomic E-state index is 0.449. The number of nitrogens with two attached hydrogens (primary N) is 1. The molecule has 19 heavy (non-hydrogen) atoms. The maximum Gasteiger partial charge on any atom is 0.106 e. The van der Waals surface area contributed by atoms with Gasteiger partial charge in [0.1, 0.15) is 4.99 Å². The molecule has 3 nitrogen and oxygen atoms in total. The van der Waals surface area contributed by atoms with E-state index in [1.54, 1.807) is 0 Å². The Morgan fingerprint density at radius 3 is 2.84 bits per heavy atom. The van der Waals surface area contributed by atoms with Crippen LogP contribution in [0.4, 0.5) is 5.69 Å². The molecular weight excluding hydrogens is 256 g/mol. The highest BCUT2D eigenvalue weighted by atomic mass is 32.1. The first-order valence-electron chi connectivity index (χ1n) is 6.78. The van der Waals surface area contributed by atoms with Crippen LogP contribution in [0.15, 0.2) is 18.2 Å². The largest absolute Gasteiger partial charge is 0.389 e. The Labute approximate surface area is 120 Å². The quantitative estimate of drug-likeness (QED) is 0.614. The summed E-state index contributed by atoms with van der Waals surface area (Å²) in [5.41, 5.74) is 9.05. The summed E-state index contributed by atoms with van der Waals surface area (Å²) in [5.74, 6) is 0.816. The Kier molecular flexibility index (Phi) is 4.77. The van der Waals surface area contributed by atoms with Crippen molar-refractivity contribution in [2.24, 2.45) is 11.7 Å². The number of thiocarbonyl (C=S) groups is 1. The van der Waals surface area contributed by atoms with Crippen LogP contribution in [0.5, 0.6) is 0 Å². The highest BCUT2D eigenvalue weighted by Gasteiger charge is 2.21. The smallest absolute Gasteiger partial charge is 0.106 e. The third-order valence-corrected chi connectivity index (χ3v) is 3.73. The number of rotatable bonds is 7. The van der Waals surface area contributed by atoms with E-state index in [9.17, 15) is 0 Å². The van der Waals surface area contributed by atoms with Crippen LogP contribution in [-0.2, 0) is 4.74 Å². The van der Waals surface area contributed by atoms with Gasteiger partial charge in [0, 0.05) is 31.5 Å². The van der Waals surface area contributed by atoms with Gasteiger partial charge < -0.3 is 15.4 Å². The summed E-state index contributed by atoms with van der Waals surface area (Å²) in [7, 11) is 2.06. The zero-order chi connectivity index (χ0) is 13.8. The maximum absolute atomic E-state index is 5.80. The minimum Gasteiger partial charge on any atom is -0.389 e. The number of hydrogen-bond acceptors (Lipinski definition) is 3. The molecular formula is C15H22N2OS. The molecule has 0 radical (unpaired) electrons. The number of hydrogen-bond donors (Lipinski definition) is 1. The number of nitrogens with zero attached hydrogens (tertiary/aromatic N) is 1. The molecule has 0 aromatic heterocycles. The molecule has 4 heteroatoms. The van der Waals surface area contributed by atoms with E-state index in [2.05, 4.69) is 24.9 Å². The molecule has 1 aromatic carbocycles. The molecule has 0 saturated heterocycles. The van der Waals surface area contributed by atoms with Gasteiger partial charge >= 0.3 is 0 Å². The third-order valence-electron chi connectivity index (χ3n) is 3.51. The molecule has 104 valence electrons. The monoisotopic (exact) mass is 278 g/mol. The summed E-state index contributed by atoms with van der Waals surface area (Å²) in [6, 6.07) is 6.05. The Bertz CT molecular complexity index is 457. The molecule has 1 aliphatic rings. The number of benzene rings is 1. The predicted octanol–water partition coefficient (Wildman–Crippen LogP) is 2.49. The zero-order valence-corrected chi connectivity index (χ0v) is 12.5. The second-order valence-electron chi connectivity index (χ2n) is 5.28. The molecule has 0 amide bonds. The van der Waals surface area contributed by atoms with Crippen LogP contribution in [-0.4, -0.2) is 31.8 Å². The molecule has 1 aromatic rings. The van der Waals surface area contributed by atoms with Crippen LogP contribution in [0.1, 0.15) is 24.0 Å². The van der Waals surface area contributed by atoms with Gasteiger partial charge in [-0.15, -0.1) is 0 Å². The van der Waals surface area contributed by atoms with Crippen LogP contribution in [0, 0.1) is 12.8 Å². The Hall–Kier alpha value is -1.13. The van der Waals surface area contributed by atoms with Crippen molar-refractivity contribution in [2.45, 2.75) is 19.8 Å². The van der Waals surface area contributed by atoms with Crippen LogP contribution >= 0.6 is 12.2 Å². The number of likely N-dealkylation sites (N-methyl/N-ethyl adjacent to an activating group) is 1. The number of para-hydroxylation sites is 1. The van der Waals surface area contributed by atoms with E-state index >= 15 is 0 Å². The average Bonchev–Trinajstić information content (AvgIpc) is 3.18. The first-order chi connectivity index (χ1) is 9.09. The van der Waals surface area contributed by atoms with Crippen molar-refractivity contribution in [1.82, 2.24) is 0 Å². The fourth-order valence-electron chi connectivity index (χ4n) is 2.21. The fourth-order valence-corrected chi connectivity index (χ4v) is 2.38. The van der Waals surface area contributed by atoms with E-state index in [0.717, 1.165) is 36.9 Å². The molecule has 2 N–H and O–H groups in total. The van der Waals surface area contributed by atoms with Gasteiger partial charge in [-0.3, -0.25) is 0 Å². The molecule has 1 fully saturated rings. The van der Waals surface area contributed by atoms with Crippen LogP contribution in [0.25, 0.3) is 0 Å². The summed E-state index contributed by atoms with van der Waals surface area (Å²) in [6.07, 6.45) is 2.67. The number of anilines is 1. The molecule has 0 atom stereocenters. The SMILES string of the molecule is Cc1cccc(C(N)=S)c1N(C)CCOCC1CC1. The Morgan fingerprint density at radius 2 is 2.21 bits per heavy atom. The first-order valence-corrected chi connectivity index (χ1v) is 7.18. The topological polar surface area (TPSA) is 38.5 Å². The van der Waals surface area contributed by atoms with Crippen LogP contribution in [0.3, 0.4) is 0 Å². The van der Waals surface area contributed by atoms with Crippen molar-refractivity contribution in [3.05, 3.63) is 29.3 Å². The molecule has 0 heterocycles. The summed E-state index contributed by atoms with van der Waals surface area (Å²) in [4.78, 5) is 2.63. The second kappa shape index (κ2) is 6.35. The minimum absolute atomic E-state index is 0.449. The van der Waals surface area contributed by atoms with Gasteiger partial charge in [0.2, 0.25) is 0 Å². The molecule has 0 spiro atoms. The lowest BCUT2D eigenvalue weighted by atomic mass is 10.1. The lowest BCUT2D eigenvalue weighted by Gasteiger charge is -2.24. The van der Waals surface area contributed by atoms with Gasteiger partial charge in [-0.25, -0.2) is 0 Å². The van der Waals surface area contributed by atoms with Crippen LogP contribution in [0.2, 0.25) is 0 Å². The van der Waals surface area contributed by atoms with Crippen molar-refractivity contribution in [3.63, 3.8) is 0 Å². The van der Waals surface area contributed by atoms with E-state index in [4.69, 9.17) is 22.7 Å². The lowest BCUT2D eigenvalue weighted by molar-refractivity contribution is 0.131. The summed E-state index contributed by atoms with van der Waals surface area (Å²) < 4.78 is 5.68. The highest BCUT2D eigenvalue weighted by Crippen LogP contribution is 2.29. The van der Waals surface area contributed by atoms with Gasteiger partial charge in [0.05, 0.1) is 6.61 Å². The Balaban J connectivity index is 1.96. The van der Waals surface area contributed by atoms with Gasteiger partial charge in [-0.05, 0) is 37.3 Å². The number of aryl methyl sites for hydroxylation is 1. The van der Waals surface area contributed by atoms with E-state index in [1.165, 1.54) is 18.4 Å². The van der Waals surface area contributed by atoms with Crippen LogP contribution < -0.4 is 10.6 Å². The molecule has 1 saturated carbocycles. The zero-order valence-electron chi connectivity index (χ0n) is 11.7. The molecule has 0 unspecified atom stereocenters. The predicted molar refractivity (Wildman–Crippen MR) is 83.9 cm³/mol. The van der Waals surface area contributed by atoms with Gasteiger partial charge in [0.25, 0.3) is 0 Å². The van der Waals surface area contributed by atoms with Gasteiger partial charge in [0.15, 0.2) is 0 Å². The summed E-state index contributed by atoms with van der Waals surface area (Å²) >= 11 is 5.13. The van der Waals surface area contributed by atoms with Crippen molar-refractivity contribution < 1.29 is 4.74 Å². The highest BCUT2D eigenvalue weighted by molar-refractivity contribution is 7.80. The summed E-state index contributed by atoms with van der Waals surface area (Å²) in [6.45, 7) is 4.59. The van der Waals surface area contributed by atoms with Crippen molar-refractivity contribution in [1.29, 1.82) is 0 Å².